The van der Waals surface area contributed by atoms with E-state index in [9.17, 15) is 4.79 Å². The Labute approximate surface area is 130 Å². The maximum absolute atomic E-state index is 12.0. The van der Waals surface area contributed by atoms with Gasteiger partial charge in [0.05, 0.1) is 25.6 Å². The zero-order valence-corrected chi connectivity index (χ0v) is 12.8. The molecule has 116 valence electrons. The van der Waals surface area contributed by atoms with Crippen molar-refractivity contribution < 1.29 is 14.3 Å². The van der Waals surface area contributed by atoms with Crippen molar-refractivity contribution in [2.45, 2.75) is 12.8 Å². The maximum atomic E-state index is 12.0. The third-order valence-electron chi connectivity index (χ3n) is 3.32. The molecule has 5 nitrogen and oxygen atoms in total. The van der Waals surface area contributed by atoms with Gasteiger partial charge in [0.2, 0.25) is 5.91 Å². The lowest BCUT2D eigenvalue weighted by atomic mass is 10.1. The van der Waals surface area contributed by atoms with Crippen LogP contribution in [-0.4, -0.2) is 20.1 Å². The van der Waals surface area contributed by atoms with E-state index in [2.05, 4.69) is 5.32 Å². The highest BCUT2D eigenvalue weighted by Gasteiger charge is 2.08. The van der Waals surface area contributed by atoms with E-state index in [1.54, 1.807) is 26.4 Å². The van der Waals surface area contributed by atoms with Crippen LogP contribution in [0.15, 0.2) is 42.5 Å². The van der Waals surface area contributed by atoms with Gasteiger partial charge in [0.1, 0.15) is 0 Å². The molecule has 0 unspecified atom stereocenters. The lowest BCUT2D eigenvalue weighted by molar-refractivity contribution is -0.116. The van der Waals surface area contributed by atoms with Crippen molar-refractivity contribution in [3.05, 3.63) is 48.0 Å². The molecule has 0 saturated heterocycles. The number of nitrogens with two attached hydrogens (primary N) is 1. The fourth-order valence-electron chi connectivity index (χ4n) is 2.12. The zero-order chi connectivity index (χ0) is 15.9. The summed E-state index contributed by atoms with van der Waals surface area (Å²) in [5.41, 5.74) is 8.01. The first-order valence-corrected chi connectivity index (χ1v) is 6.99. The van der Waals surface area contributed by atoms with E-state index in [4.69, 9.17) is 15.2 Å². The number of carbonyl (C=O) groups is 1. The number of ether oxygens (including phenoxy) is 2. The van der Waals surface area contributed by atoms with Gasteiger partial charge in [-0.1, -0.05) is 18.2 Å². The predicted molar refractivity (Wildman–Crippen MR) is 87.4 cm³/mol. The van der Waals surface area contributed by atoms with Gasteiger partial charge in [-0.15, -0.1) is 0 Å². The van der Waals surface area contributed by atoms with Crippen LogP contribution in [0.1, 0.15) is 12.0 Å². The molecule has 0 radical (unpaired) electrons. The van der Waals surface area contributed by atoms with Crippen molar-refractivity contribution >= 4 is 17.3 Å². The molecule has 22 heavy (non-hydrogen) atoms. The number of para-hydroxylation sites is 2. The number of nitrogen functional groups attached to an aromatic ring is 1. The van der Waals surface area contributed by atoms with Gasteiger partial charge in [0, 0.05) is 6.42 Å². The van der Waals surface area contributed by atoms with Gasteiger partial charge in [-0.2, -0.15) is 0 Å². The minimum absolute atomic E-state index is 0.0762. The summed E-state index contributed by atoms with van der Waals surface area (Å²) in [7, 11) is 3.18. The van der Waals surface area contributed by atoms with E-state index in [1.807, 2.05) is 30.3 Å². The van der Waals surface area contributed by atoms with Crippen LogP contribution in [0.3, 0.4) is 0 Å². The molecule has 5 heteroatoms. The first-order valence-electron chi connectivity index (χ1n) is 6.99. The molecule has 0 atom stereocenters. The molecule has 2 rings (SSSR count). The molecule has 0 heterocycles. The predicted octanol–water partition coefficient (Wildman–Crippen LogP) is 2.86. The summed E-state index contributed by atoms with van der Waals surface area (Å²) < 4.78 is 10.4. The number of benzene rings is 2. The first kappa shape index (κ1) is 15.7. The zero-order valence-electron chi connectivity index (χ0n) is 12.8. The Kier molecular flexibility index (Phi) is 5.25. The van der Waals surface area contributed by atoms with Crippen LogP contribution >= 0.6 is 0 Å². The molecule has 0 bridgehead atoms. The molecule has 0 fully saturated rings. The quantitative estimate of drug-likeness (QED) is 0.805. The molecule has 3 N–H and O–H groups in total. The Balaban J connectivity index is 1.95. The SMILES string of the molecule is COc1ccc(CCC(=O)Nc2ccccc2N)cc1OC. The van der Waals surface area contributed by atoms with Crippen LogP contribution in [0.5, 0.6) is 11.5 Å². The molecule has 2 aromatic carbocycles. The van der Waals surface area contributed by atoms with E-state index in [-0.39, 0.29) is 5.91 Å². The number of hydrogen-bond donors (Lipinski definition) is 2. The highest BCUT2D eigenvalue weighted by Crippen LogP contribution is 2.28. The summed E-state index contributed by atoms with van der Waals surface area (Å²) in [6.45, 7) is 0. The van der Waals surface area contributed by atoms with Gasteiger partial charge in [-0.25, -0.2) is 0 Å². The molecule has 1 amide bonds. The number of nitrogens with one attached hydrogen (secondary N) is 1. The molecule has 2 aromatic rings. The van der Waals surface area contributed by atoms with Crippen molar-refractivity contribution in [3.8, 4) is 11.5 Å². The number of methoxy groups -OCH3 is 2. The summed E-state index contributed by atoms with van der Waals surface area (Å²) in [6.07, 6.45) is 0.975. The van der Waals surface area contributed by atoms with Crippen molar-refractivity contribution in [1.82, 2.24) is 0 Å². The molecular weight excluding hydrogens is 280 g/mol. The van der Waals surface area contributed by atoms with Crippen molar-refractivity contribution in [2.75, 3.05) is 25.3 Å². The van der Waals surface area contributed by atoms with E-state index >= 15 is 0 Å². The Morgan fingerprint density at radius 1 is 1.09 bits per heavy atom. The fourth-order valence-corrected chi connectivity index (χ4v) is 2.12. The van der Waals surface area contributed by atoms with Crippen LogP contribution < -0.4 is 20.5 Å². The Hall–Kier alpha value is -2.69. The van der Waals surface area contributed by atoms with Gasteiger partial charge in [-0.3, -0.25) is 4.79 Å². The van der Waals surface area contributed by atoms with Crippen LogP contribution in [0.4, 0.5) is 11.4 Å². The van der Waals surface area contributed by atoms with Crippen molar-refractivity contribution in [2.24, 2.45) is 0 Å². The standard InChI is InChI=1S/C17H20N2O3/c1-21-15-9-7-12(11-16(15)22-2)8-10-17(20)19-14-6-4-3-5-13(14)18/h3-7,9,11H,8,10,18H2,1-2H3,(H,19,20). The third-order valence-corrected chi connectivity index (χ3v) is 3.32. The minimum Gasteiger partial charge on any atom is -0.493 e. The maximum Gasteiger partial charge on any atom is 0.224 e. The van der Waals surface area contributed by atoms with Gasteiger partial charge in [-0.05, 0) is 36.2 Å². The smallest absolute Gasteiger partial charge is 0.224 e. The van der Waals surface area contributed by atoms with Crippen molar-refractivity contribution in [3.63, 3.8) is 0 Å². The molecular formula is C17H20N2O3. The highest BCUT2D eigenvalue weighted by atomic mass is 16.5. The van der Waals surface area contributed by atoms with E-state index in [0.717, 1.165) is 5.56 Å². The number of rotatable bonds is 6. The lowest BCUT2D eigenvalue weighted by Gasteiger charge is -2.10. The monoisotopic (exact) mass is 300 g/mol. The number of anilines is 2. The van der Waals surface area contributed by atoms with Gasteiger partial charge in [0.25, 0.3) is 0 Å². The van der Waals surface area contributed by atoms with E-state index in [0.29, 0.717) is 35.7 Å². The van der Waals surface area contributed by atoms with E-state index in [1.165, 1.54) is 0 Å². The second-order valence-corrected chi connectivity index (χ2v) is 4.82. The summed E-state index contributed by atoms with van der Waals surface area (Å²) in [5.74, 6) is 1.26. The van der Waals surface area contributed by atoms with Crippen molar-refractivity contribution in [1.29, 1.82) is 0 Å². The van der Waals surface area contributed by atoms with Crippen LogP contribution in [0.2, 0.25) is 0 Å². The summed E-state index contributed by atoms with van der Waals surface area (Å²) in [5, 5.41) is 2.81. The summed E-state index contributed by atoms with van der Waals surface area (Å²) in [6, 6.07) is 12.8. The summed E-state index contributed by atoms with van der Waals surface area (Å²) >= 11 is 0. The molecule has 0 saturated carbocycles. The molecule has 0 aliphatic heterocycles. The minimum atomic E-state index is -0.0762. The Bertz CT molecular complexity index is 656. The van der Waals surface area contributed by atoms with Crippen LogP contribution in [0, 0.1) is 0 Å². The largest absolute Gasteiger partial charge is 0.493 e. The topological polar surface area (TPSA) is 73.6 Å². The molecule has 0 aliphatic rings. The molecule has 0 aromatic heterocycles. The second-order valence-electron chi connectivity index (χ2n) is 4.82. The molecule has 0 spiro atoms. The van der Waals surface area contributed by atoms with E-state index < -0.39 is 0 Å². The highest BCUT2D eigenvalue weighted by molar-refractivity contribution is 5.93. The average Bonchev–Trinajstić information content (AvgIpc) is 2.54. The average molecular weight is 300 g/mol. The third kappa shape index (κ3) is 3.91. The second kappa shape index (κ2) is 7.36. The number of amides is 1. The summed E-state index contributed by atoms with van der Waals surface area (Å²) in [4.78, 5) is 12.0. The number of aryl methyl sites for hydroxylation is 1. The lowest BCUT2D eigenvalue weighted by Crippen LogP contribution is -2.13. The van der Waals surface area contributed by atoms with Crippen LogP contribution in [-0.2, 0) is 11.2 Å². The Morgan fingerprint density at radius 2 is 1.82 bits per heavy atom. The Morgan fingerprint density at radius 3 is 2.50 bits per heavy atom. The van der Waals surface area contributed by atoms with Crippen LogP contribution in [0.25, 0.3) is 0 Å². The van der Waals surface area contributed by atoms with Gasteiger partial charge < -0.3 is 20.5 Å². The van der Waals surface area contributed by atoms with Gasteiger partial charge >= 0.3 is 0 Å². The fraction of sp³-hybridized carbons (Fsp3) is 0.235. The number of hydrogen-bond acceptors (Lipinski definition) is 4. The normalized spacial score (nSPS) is 10.1. The molecule has 0 aliphatic carbocycles. The van der Waals surface area contributed by atoms with Gasteiger partial charge in [0.15, 0.2) is 11.5 Å². The number of carbonyl (C=O) groups excluding carboxylic acids is 1. The first-order chi connectivity index (χ1) is 10.6.